The van der Waals surface area contributed by atoms with Gasteiger partial charge in [-0.05, 0) is 44.4 Å². The average Bonchev–Trinajstić information content (AvgIpc) is 3.24. The fourth-order valence-corrected chi connectivity index (χ4v) is 5.99. The van der Waals surface area contributed by atoms with E-state index in [-0.39, 0.29) is 11.8 Å². The van der Waals surface area contributed by atoms with Gasteiger partial charge in [-0.1, -0.05) is 0 Å². The van der Waals surface area contributed by atoms with Crippen molar-refractivity contribution >= 4 is 23.2 Å². The first kappa shape index (κ1) is 22.5. The average molecular weight is 494 g/mol. The third kappa shape index (κ3) is 4.17. The van der Waals surface area contributed by atoms with Gasteiger partial charge in [0.2, 0.25) is 0 Å². The van der Waals surface area contributed by atoms with E-state index < -0.39 is 0 Å². The Bertz CT molecular complexity index is 1270. The van der Waals surface area contributed by atoms with Gasteiger partial charge in [0.15, 0.2) is 5.69 Å². The molecule has 0 unspecified atom stereocenters. The zero-order valence-corrected chi connectivity index (χ0v) is 21.2. The molecule has 0 N–H and O–H groups in total. The highest BCUT2D eigenvalue weighted by Gasteiger charge is 2.35. The topological polar surface area (TPSA) is 89.2 Å². The number of rotatable bonds is 6. The molecule has 10 heteroatoms. The largest absolute Gasteiger partial charge is 0.334 e. The van der Waals surface area contributed by atoms with E-state index in [1.807, 2.05) is 22.0 Å². The van der Waals surface area contributed by atoms with Crippen molar-refractivity contribution in [3.05, 3.63) is 50.5 Å². The number of aromatic nitrogens is 5. The molecule has 0 saturated heterocycles. The number of hydrogen-bond donors (Lipinski definition) is 0. The Labute approximate surface area is 208 Å². The minimum atomic E-state index is -0.115. The van der Waals surface area contributed by atoms with E-state index in [9.17, 15) is 9.59 Å². The summed E-state index contributed by atoms with van der Waals surface area (Å²) in [7, 11) is 3.67. The lowest BCUT2D eigenvalue weighted by Crippen LogP contribution is -2.38. The van der Waals surface area contributed by atoms with Crippen molar-refractivity contribution in [2.75, 3.05) is 13.6 Å². The Morgan fingerprint density at radius 3 is 2.74 bits per heavy atom. The summed E-state index contributed by atoms with van der Waals surface area (Å²) in [6.45, 7) is 2.33. The van der Waals surface area contributed by atoms with Gasteiger partial charge in [0.25, 0.3) is 11.8 Å². The molecule has 3 aliphatic rings. The molecule has 1 fully saturated rings. The molecule has 2 aliphatic carbocycles. The smallest absolute Gasteiger partial charge is 0.274 e. The third-order valence-electron chi connectivity index (χ3n) is 7.50. The van der Waals surface area contributed by atoms with Gasteiger partial charge in [0.1, 0.15) is 5.69 Å². The fraction of sp³-hybridized carbons (Fsp3) is 0.560. The number of carbonyl (C=O) groups is 2. The van der Waals surface area contributed by atoms with Crippen LogP contribution in [0.1, 0.15) is 74.9 Å². The van der Waals surface area contributed by atoms with Crippen LogP contribution in [-0.2, 0) is 45.9 Å². The molecule has 1 aliphatic heterocycles. The number of amides is 2. The summed E-state index contributed by atoms with van der Waals surface area (Å²) >= 11 is 1.52. The van der Waals surface area contributed by atoms with Crippen LogP contribution >= 0.6 is 11.3 Å². The molecule has 9 nitrogen and oxygen atoms in total. The molecule has 4 heterocycles. The second-order valence-electron chi connectivity index (χ2n) is 10.1. The van der Waals surface area contributed by atoms with Crippen LogP contribution < -0.4 is 0 Å². The van der Waals surface area contributed by atoms with Gasteiger partial charge in [0.05, 0.1) is 30.0 Å². The first-order valence-corrected chi connectivity index (χ1v) is 13.5. The van der Waals surface area contributed by atoms with Crippen LogP contribution in [-0.4, -0.2) is 59.8 Å². The zero-order valence-electron chi connectivity index (χ0n) is 20.4. The molecule has 184 valence electrons. The fourth-order valence-electron chi connectivity index (χ4n) is 5.44. The van der Waals surface area contributed by atoms with Crippen molar-refractivity contribution in [3.8, 4) is 0 Å². The van der Waals surface area contributed by atoms with E-state index in [1.54, 1.807) is 22.1 Å². The van der Waals surface area contributed by atoms with Crippen LogP contribution in [0.2, 0.25) is 0 Å². The summed E-state index contributed by atoms with van der Waals surface area (Å²) in [4.78, 5) is 35.1. The number of aryl methyl sites for hydroxylation is 2. The number of nitrogens with zero attached hydrogens (tertiary/aromatic N) is 7. The maximum atomic E-state index is 13.7. The van der Waals surface area contributed by atoms with E-state index in [0.717, 1.165) is 60.4 Å². The lowest BCUT2D eigenvalue weighted by atomic mass is 9.95. The van der Waals surface area contributed by atoms with Crippen molar-refractivity contribution in [1.82, 2.24) is 34.3 Å². The molecule has 35 heavy (non-hydrogen) atoms. The van der Waals surface area contributed by atoms with Gasteiger partial charge in [-0.15, -0.1) is 11.3 Å². The number of hydrogen-bond acceptors (Lipinski definition) is 6. The van der Waals surface area contributed by atoms with E-state index in [2.05, 4.69) is 10.1 Å². The van der Waals surface area contributed by atoms with Gasteiger partial charge in [-0.2, -0.15) is 10.2 Å². The van der Waals surface area contributed by atoms with E-state index >= 15 is 0 Å². The molecule has 2 amide bonds. The predicted molar refractivity (Wildman–Crippen MR) is 131 cm³/mol. The zero-order chi connectivity index (χ0) is 24.1. The van der Waals surface area contributed by atoms with E-state index in [4.69, 9.17) is 5.10 Å². The lowest BCUT2D eigenvalue weighted by molar-refractivity contribution is 0.0710. The number of carbonyl (C=O) groups excluding carboxylic acids is 2. The summed E-state index contributed by atoms with van der Waals surface area (Å²) in [5.74, 6) is 0.546. The Kier molecular flexibility index (Phi) is 5.70. The summed E-state index contributed by atoms with van der Waals surface area (Å²) in [6.07, 6.45) is 7.23. The van der Waals surface area contributed by atoms with Gasteiger partial charge >= 0.3 is 0 Å². The van der Waals surface area contributed by atoms with Crippen LogP contribution in [0.15, 0.2) is 10.9 Å². The van der Waals surface area contributed by atoms with Gasteiger partial charge < -0.3 is 9.80 Å². The minimum Gasteiger partial charge on any atom is -0.334 e. The standard InChI is InChI=1S/C25H31N7O2S/c1-29(12-17-14-35-15-26-17)24(33)22-19-13-31(10-9-21(19)32(28-22)11-16-7-8-16)25(34)23-18-5-3-4-6-20(18)27-30(23)2/h14-16H,3-13H2,1-2H3. The van der Waals surface area contributed by atoms with Crippen molar-refractivity contribution < 1.29 is 9.59 Å². The molecular weight excluding hydrogens is 462 g/mol. The van der Waals surface area contributed by atoms with Gasteiger partial charge in [-0.3, -0.25) is 19.0 Å². The third-order valence-corrected chi connectivity index (χ3v) is 8.14. The van der Waals surface area contributed by atoms with Crippen LogP contribution in [0.3, 0.4) is 0 Å². The summed E-state index contributed by atoms with van der Waals surface area (Å²) < 4.78 is 3.81. The van der Waals surface area contributed by atoms with Crippen molar-refractivity contribution in [3.63, 3.8) is 0 Å². The Morgan fingerprint density at radius 2 is 1.97 bits per heavy atom. The highest BCUT2D eigenvalue weighted by Crippen LogP contribution is 2.33. The normalized spacial score (nSPS) is 17.3. The van der Waals surface area contributed by atoms with Crippen molar-refractivity contribution in [2.45, 2.75) is 64.6 Å². The molecule has 0 spiro atoms. The molecule has 1 saturated carbocycles. The predicted octanol–water partition coefficient (Wildman–Crippen LogP) is 2.83. The highest BCUT2D eigenvalue weighted by molar-refractivity contribution is 7.07. The molecular formula is C25H31N7O2S. The molecule has 0 atom stereocenters. The minimum absolute atomic E-state index is 0.0120. The van der Waals surface area contributed by atoms with Crippen LogP contribution in [0.4, 0.5) is 0 Å². The number of thiazole rings is 1. The first-order chi connectivity index (χ1) is 17.0. The van der Waals surface area contributed by atoms with Crippen LogP contribution in [0, 0.1) is 5.92 Å². The molecule has 0 aromatic carbocycles. The lowest BCUT2D eigenvalue weighted by Gasteiger charge is -2.28. The SMILES string of the molecule is CN(Cc1cscn1)C(=O)c1nn(CC2CC2)c2c1CN(C(=O)c1c3c(nn1C)CCCC3)CC2. The van der Waals surface area contributed by atoms with E-state index in [1.165, 1.54) is 24.2 Å². The summed E-state index contributed by atoms with van der Waals surface area (Å²) in [5, 5.41) is 11.4. The molecule has 3 aromatic rings. The van der Waals surface area contributed by atoms with Gasteiger partial charge in [-0.25, -0.2) is 4.98 Å². The second-order valence-corrected chi connectivity index (χ2v) is 10.8. The Balaban J connectivity index is 1.30. The molecule has 3 aromatic heterocycles. The van der Waals surface area contributed by atoms with Crippen LogP contribution in [0.5, 0.6) is 0 Å². The molecule has 0 bridgehead atoms. The Hall–Kier alpha value is -3.01. The van der Waals surface area contributed by atoms with Gasteiger partial charge in [0, 0.05) is 55.8 Å². The summed E-state index contributed by atoms with van der Waals surface area (Å²) in [5.41, 5.74) is 8.02. The second kappa shape index (κ2) is 8.89. The maximum Gasteiger partial charge on any atom is 0.274 e. The Morgan fingerprint density at radius 1 is 1.14 bits per heavy atom. The van der Waals surface area contributed by atoms with Crippen molar-refractivity contribution in [1.29, 1.82) is 0 Å². The number of fused-ring (bicyclic) bond motifs is 2. The van der Waals surface area contributed by atoms with Crippen molar-refractivity contribution in [2.24, 2.45) is 13.0 Å². The quantitative estimate of drug-likeness (QED) is 0.527. The molecule has 6 rings (SSSR count). The van der Waals surface area contributed by atoms with Crippen LogP contribution in [0.25, 0.3) is 0 Å². The highest BCUT2D eigenvalue weighted by atomic mass is 32.1. The van der Waals surface area contributed by atoms with E-state index in [0.29, 0.717) is 43.4 Å². The monoisotopic (exact) mass is 493 g/mol. The maximum absolute atomic E-state index is 13.7. The molecule has 0 radical (unpaired) electrons. The summed E-state index contributed by atoms with van der Waals surface area (Å²) in [6, 6.07) is 0. The first-order valence-electron chi connectivity index (χ1n) is 12.5.